The zero-order chi connectivity index (χ0) is 36.3. The molecule has 1 heterocycles. The van der Waals surface area contributed by atoms with E-state index in [2.05, 4.69) is 228 Å². The third-order valence-corrected chi connectivity index (χ3v) is 11.6. The van der Waals surface area contributed by atoms with Crippen molar-refractivity contribution >= 4 is 44.9 Å². The number of hydrogen-bond acceptors (Lipinski definition) is 2. The lowest BCUT2D eigenvalue weighted by Crippen LogP contribution is -2.36. The van der Waals surface area contributed by atoms with E-state index in [1.807, 2.05) is 0 Å². The molecule has 0 radical (unpaired) electrons. The second-order valence-electron chi connectivity index (χ2n) is 14.5. The summed E-state index contributed by atoms with van der Waals surface area (Å²) >= 11 is 0. The maximum Gasteiger partial charge on any atom is 0.0755 e. The molecule has 1 aliphatic carbocycles. The van der Waals surface area contributed by atoms with Crippen LogP contribution in [0.25, 0.3) is 33.0 Å². The number of benzene rings is 9. The van der Waals surface area contributed by atoms with Crippen LogP contribution >= 0.6 is 0 Å². The molecule has 2 aliphatic rings. The summed E-state index contributed by atoms with van der Waals surface area (Å²) < 4.78 is 0. The number of hydrogen-bond donors (Lipinski definition) is 0. The minimum atomic E-state index is -0.540. The zero-order valence-electron chi connectivity index (χ0n) is 30.2. The molecule has 2 heteroatoms. The van der Waals surface area contributed by atoms with E-state index in [1.54, 1.807) is 0 Å². The van der Waals surface area contributed by atoms with Crippen LogP contribution in [0.1, 0.15) is 22.3 Å². The van der Waals surface area contributed by atoms with Crippen LogP contribution < -0.4 is 9.80 Å². The minimum absolute atomic E-state index is 0.540. The molecule has 2 nitrogen and oxygen atoms in total. The molecular weight excluding hydrogens is 665 g/mol. The first kappa shape index (κ1) is 31.4. The Balaban J connectivity index is 1.19. The summed E-state index contributed by atoms with van der Waals surface area (Å²) in [5, 5.41) is 2.44. The van der Waals surface area contributed by atoms with Crippen LogP contribution in [0, 0.1) is 0 Å². The average Bonchev–Trinajstić information content (AvgIpc) is 3.55. The molecule has 1 aliphatic heterocycles. The van der Waals surface area contributed by atoms with E-state index in [9.17, 15) is 0 Å². The van der Waals surface area contributed by atoms with Gasteiger partial charge in [0, 0.05) is 22.7 Å². The molecule has 0 amide bonds. The van der Waals surface area contributed by atoms with Crippen LogP contribution in [0.15, 0.2) is 218 Å². The Hall–Kier alpha value is -7.16. The zero-order valence-corrected chi connectivity index (χ0v) is 30.2. The van der Waals surface area contributed by atoms with Gasteiger partial charge in [-0.25, -0.2) is 0 Å². The number of para-hydroxylation sites is 3. The molecule has 11 rings (SSSR count). The number of anilines is 6. The van der Waals surface area contributed by atoms with E-state index < -0.39 is 5.41 Å². The number of nitrogens with zero attached hydrogens (tertiary/aromatic N) is 2. The summed E-state index contributed by atoms with van der Waals surface area (Å²) in [4.78, 5) is 4.88. The van der Waals surface area contributed by atoms with Gasteiger partial charge in [-0.15, -0.1) is 0 Å². The summed E-state index contributed by atoms with van der Waals surface area (Å²) in [5.41, 5.74) is 16.5. The van der Waals surface area contributed by atoms with Gasteiger partial charge >= 0.3 is 0 Å². The highest BCUT2D eigenvalue weighted by Gasteiger charge is 2.51. The topological polar surface area (TPSA) is 6.48 Å². The Morgan fingerprint density at radius 3 is 1.64 bits per heavy atom. The van der Waals surface area contributed by atoms with Crippen molar-refractivity contribution < 1.29 is 0 Å². The van der Waals surface area contributed by atoms with E-state index in [-0.39, 0.29) is 0 Å². The van der Waals surface area contributed by atoms with Crippen LogP contribution in [-0.2, 0) is 5.41 Å². The standard InChI is InChI=1S/C53H36N2/c1-3-16-37(17-4-1)40-20-15-23-42(34-40)54(43-31-30-38-18-7-8-19-39(38)35-43)44-32-33-46-45-24-9-10-25-47(45)53(50(46)36-44)48-26-11-13-28-51(48)55(41-21-5-2-6-22-41)52-29-14-12-27-49(52)53/h1-36H. The first-order valence-electron chi connectivity index (χ1n) is 19.0. The number of fused-ring (bicyclic) bond motifs is 10. The normalized spacial score (nSPS) is 13.2. The lowest BCUT2D eigenvalue weighted by atomic mass is 9.64. The van der Waals surface area contributed by atoms with Crippen LogP contribution in [0.2, 0.25) is 0 Å². The molecule has 0 fully saturated rings. The third kappa shape index (κ3) is 4.75. The molecule has 9 aromatic rings. The average molecular weight is 701 g/mol. The lowest BCUT2D eigenvalue weighted by molar-refractivity contribution is 0.752. The van der Waals surface area contributed by atoms with Crippen LogP contribution in [0.4, 0.5) is 34.1 Å². The summed E-state index contributed by atoms with van der Waals surface area (Å²) in [5.74, 6) is 0. The highest BCUT2D eigenvalue weighted by atomic mass is 15.2. The first-order valence-corrected chi connectivity index (χ1v) is 19.0. The fourth-order valence-corrected chi connectivity index (χ4v) is 9.31. The van der Waals surface area contributed by atoms with Gasteiger partial charge in [0.05, 0.1) is 16.8 Å². The van der Waals surface area contributed by atoms with Crippen LogP contribution in [0.3, 0.4) is 0 Å². The lowest BCUT2D eigenvalue weighted by Gasteiger charge is -2.45. The molecule has 55 heavy (non-hydrogen) atoms. The number of rotatable bonds is 5. The molecule has 258 valence electrons. The van der Waals surface area contributed by atoms with Crippen LogP contribution in [0.5, 0.6) is 0 Å². The Kier molecular flexibility index (Phi) is 7.11. The monoisotopic (exact) mass is 700 g/mol. The summed E-state index contributed by atoms with van der Waals surface area (Å²) in [6.45, 7) is 0. The van der Waals surface area contributed by atoms with E-state index in [1.165, 1.54) is 66.7 Å². The van der Waals surface area contributed by atoms with Gasteiger partial charge in [0.2, 0.25) is 0 Å². The van der Waals surface area contributed by atoms with Gasteiger partial charge in [-0.3, -0.25) is 0 Å². The third-order valence-electron chi connectivity index (χ3n) is 11.6. The smallest absolute Gasteiger partial charge is 0.0755 e. The maximum atomic E-state index is 2.48. The quantitative estimate of drug-likeness (QED) is 0.176. The Bertz CT molecular complexity index is 2850. The molecule has 0 aromatic heterocycles. The Morgan fingerprint density at radius 1 is 0.327 bits per heavy atom. The fourth-order valence-electron chi connectivity index (χ4n) is 9.31. The van der Waals surface area contributed by atoms with Crippen molar-refractivity contribution in [1.82, 2.24) is 0 Å². The molecule has 0 unspecified atom stereocenters. The molecule has 0 saturated heterocycles. The fraction of sp³-hybridized carbons (Fsp3) is 0.0189. The van der Waals surface area contributed by atoms with Crippen molar-refractivity contribution in [2.75, 3.05) is 9.80 Å². The molecule has 9 aromatic carbocycles. The van der Waals surface area contributed by atoms with E-state index >= 15 is 0 Å². The van der Waals surface area contributed by atoms with Gasteiger partial charge in [-0.1, -0.05) is 158 Å². The summed E-state index contributed by atoms with van der Waals surface area (Å²) in [6.07, 6.45) is 0. The SMILES string of the molecule is c1ccc(-c2cccc(N(c3ccc4c(c3)C3(c5ccccc5-4)c4ccccc4N(c4ccccc4)c4ccccc43)c3ccc4ccccc4c3)c2)cc1. The first-order chi connectivity index (χ1) is 27.3. The van der Waals surface area contributed by atoms with Gasteiger partial charge in [-0.05, 0) is 116 Å². The molecule has 0 atom stereocenters. The highest BCUT2D eigenvalue weighted by molar-refractivity contribution is 5.97. The van der Waals surface area contributed by atoms with Crippen molar-refractivity contribution in [2.24, 2.45) is 0 Å². The molecular formula is C53H36N2. The van der Waals surface area contributed by atoms with Crippen molar-refractivity contribution in [3.63, 3.8) is 0 Å². The maximum absolute atomic E-state index is 2.48. The highest BCUT2D eigenvalue weighted by Crippen LogP contribution is 2.64. The summed E-state index contributed by atoms with van der Waals surface area (Å²) in [7, 11) is 0. The molecule has 1 spiro atoms. The van der Waals surface area contributed by atoms with Crippen LogP contribution in [-0.4, -0.2) is 0 Å². The van der Waals surface area contributed by atoms with Gasteiger partial charge in [0.15, 0.2) is 0 Å². The van der Waals surface area contributed by atoms with Crippen molar-refractivity contribution in [1.29, 1.82) is 0 Å². The van der Waals surface area contributed by atoms with Crippen molar-refractivity contribution in [2.45, 2.75) is 5.41 Å². The molecule has 0 bridgehead atoms. The van der Waals surface area contributed by atoms with Gasteiger partial charge in [0.25, 0.3) is 0 Å². The second kappa shape index (κ2) is 12.5. The predicted octanol–water partition coefficient (Wildman–Crippen LogP) is 14.1. The molecule has 0 saturated carbocycles. The largest absolute Gasteiger partial charge is 0.310 e. The minimum Gasteiger partial charge on any atom is -0.310 e. The Morgan fingerprint density at radius 2 is 0.873 bits per heavy atom. The Labute approximate surface area is 321 Å². The van der Waals surface area contributed by atoms with Crippen molar-refractivity contribution in [3.05, 3.63) is 241 Å². The molecule has 0 N–H and O–H groups in total. The van der Waals surface area contributed by atoms with E-state index in [0.29, 0.717) is 0 Å². The van der Waals surface area contributed by atoms with E-state index in [4.69, 9.17) is 0 Å². The van der Waals surface area contributed by atoms with E-state index in [0.717, 1.165) is 22.7 Å². The van der Waals surface area contributed by atoms with Gasteiger partial charge < -0.3 is 9.80 Å². The van der Waals surface area contributed by atoms with Gasteiger partial charge in [-0.2, -0.15) is 0 Å². The van der Waals surface area contributed by atoms with Crippen molar-refractivity contribution in [3.8, 4) is 22.3 Å². The second-order valence-corrected chi connectivity index (χ2v) is 14.5. The summed E-state index contributed by atoms with van der Waals surface area (Å²) in [6, 6.07) is 80.1. The van der Waals surface area contributed by atoms with Gasteiger partial charge in [0.1, 0.15) is 0 Å². The predicted molar refractivity (Wildman–Crippen MR) is 230 cm³/mol.